The molecule has 7 heteroatoms. The van der Waals surface area contributed by atoms with Crippen molar-refractivity contribution >= 4 is 10.1 Å². The van der Waals surface area contributed by atoms with E-state index in [0.717, 1.165) is 24.3 Å². The van der Waals surface area contributed by atoms with Gasteiger partial charge in [0, 0.05) is 13.1 Å². The molecule has 0 saturated carbocycles. The Balaban J connectivity index is 3.65. The van der Waals surface area contributed by atoms with Crippen molar-refractivity contribution in [2.24, 2.45) is 0 Å². The van der Waals surface area contributed by atoms with E-state index in [9.17, 15) is 8.42 Å². The molecular formula is C16H35NO5S. The molecular weight excluding hydrogens is 318 g/mol. The van der Waals surface area contributed by atoms with Crippen molar-refractivity contribution < 1.29 is 22.9 Å². The zero-order valence-corrected chi connectivity index (χ0v) is 15.4. The Morgan fingerprint density at radius 3 is 1.65 bits per heavy atom. The van der Waals surface area contributed by atoms with Crippen LogP contribution in [0.2, 0.25) is 0 Å². The fraction of sp³-hybridized carbons (Fsp3) is 1.00. The second-order valence-corrected chi connectivity index (χ2v) is 7.57. The molecule has 0 saturated heterocycles. The molecule has 0 heterocycles. The third-order valence-corrected chi connectivity index (χ3v) is 4.89. The van der Waals surface area contributed by atoms with Crippen molar-refractivity contribution in [1.82, 2.24) is 5.06 Å². The highest BCUT2D eigenvalue weighted by molar-refractivity contribution is 7.86. The lowest BCUT2D eigenvalue weighted by atomic mass is 10.1. The van der Waals surface area contributed by atoms with Crippen molar-refractivity contribution in [1.29, 1.82) is 0 Å². The summed E-state index contributed by atoms with van der Waals surface area (Å²) in [6.07, 6.45) is 11.4. The Morgan fingerprint density at radius 1 is 0.783 bits per heavy atom. The SMILES string of the molecule is CCCCCCCCCCCCS(=O)(=O)ON(CCO)CCO. The fourth-order valence-electron chi connectivity index (χ4n) is 2.37. The Labute approximate surface area is 141 Å². The van der Waals surface area contributed by atoms with Crippen LogP contribution >= 0.6 is 0 Å². The second kappa shape index (κ2) is 15.3. The largest absolute Gasteiger partial charge is 0.395 e. The molecule has 0 atom stereocenters. The van der Waals surface area contributed by atoms with Crippen LogP contribution in [0, 0.1) is 0 Å². The van der Waals surface area contributed by atoms with Crippen LogP contribution in [0.4, 0.5) is 0 Å². The predicted molar refractivity (Wildman–Crippen MR) is 92.5 cm³/mol. The number of rotatable bonds is 17. The maximum Gasteiger partial charge on any atom is 0.283 e. The van der Waals surface area contributed by atoms with Crippen molar-refractivity contribution in [3.05, 3.63) is 0 Å². The van der Waals surface area contributed by atoms with Gasteiger partial charge in [-0.15, -0.1) is 0 Å². The third-order valence-electron chi connectivity index (χ3n) is 3.67. The van der Waals surface area contributed by atoms with Gasteiger partial charge in [-0.1, -0.05) is 64.7 Å². The maximum absolute atomic E-state index is 11.8. The second-order valence-electron chi connectivity index (χ2n) is 5.89. The molecule has 0 unspecified atom stereocenters. The summed E-state index contributed by atoms with van der Waals surface area (Å²) in [4.78, 5) is 0. The summed E-state index contributed by atoms with van der Waals surface area (Å²) < 4.78 is 28.5. The summed E-state index contributed by atoms with van der Waals surface area (Å²) in [6, 6.07) is 0. The van der Waals surface area contributed by atoms with Crippen LogP contribution in [0.1, 0.15) is 71.1 Å². The van der Waals surface area contributed by atoms with Gasteiger partial charge in [-0.3, -0.25) is 0 Å². The Morgan fingerprint density at radius 2 is 1.22 bits per heavy atom. The molecule has 0 bridgehead atoms. The van der Waals surface area contributed by atoms with Gasteiger partial charge in [0.2, 0.25) is 0 Å². The fourth-order valence-corrected chi connectivity index (χ4v) is 3.48. The number of hydroxylamine groups is 2. The number of unbranched alkanes of at least 4 members (excludes halogenated alkanes) is 9. The van der Waals surface area contributed by atoms with Gasteiger partial charge in [-0.25, -0.2) is 0 Å². The smallest absolute Gasteiger partial charge is 0.283 e. The highest BCUT2D eigenvalue weighted by Gasteiger charge is 2.16. The number of hydrogen-bond donors (Lipinski definition) is 2. The minimum absolute atomic E-state index is 0.0170. The molecule has 6 nitrogen and oxygen atoms in total. The first kappa shape index (κ1) is 22.8. The summed E-state index contributed by atoms with van der Waals surface area (Å²) in [5, 5.41) is 18.7. The Hall–Kier alpha value is -0.210. The zero-order valence-electron chi connectivity index (χ0n) is 14.6. The molecule has 0 aliphatic heterocycles. The molecule has 0 aromatic carbocycles. The van der Waals surface area contributed by atoms with Crippen molar-refractivity contribution in [2.75, 3.05) is 32.1 Å². The van der Waals surface area contributed by atoms with Crippen LogP contribution < -0.4 is 0 Å². The molecule has 140 valence electrons. The summed E-state index contributed by atoms with van der Waals surface area (Å²) >= 11 is 0. The Bertz CT molecular complexity index is 342. The minimum atomic E-state index is -3.63. The van der Waals surface area contributed by atoms with E-state index >= 15 is 0 Å². The van der Waals surface area contributed by atoms with Gasteiger partial charge in [-0.05, 0) is 6.42 Å². The van der Waals surface area contributed by atoms with Gasteiger partial charge in [0.05, 0.1) is 19.0 Å². The first-order valence-electron chi connectivity index (χ1n) is 8.94. The van der Waals surface area contributed by atoms with Crippen LogP contribution in [0.25, 0.3) is 0 Å². The van der Waals surface area contributed by atoms with E-state index in [4.69, 9.17) is 14.5 Å². The molecule has 2 N–H and O–H groups in total. The van der Waals surface area contributed by atoms with Gasteiger partial charge in [0.15, 0.2) is 0 Å². The summed E-state index contributed by atoms with van der Waals surface area (Å²) in [7, 11) is -3.63. The summed E-state index contributed by atoms with van der Waals surface area (Å²) in [5.74, 6) is -0.0170. The standard InChI is InChI=1S/C16H35NO5S/c1-2-3-4-5-6-7-8-9-10-11-16-23(20,21)22-17(12-14-18)13-15-19/h18-19H,2-16H2,1H3. The molecule has 0 amide bonds. The lowest BCUT2D eigenvalue weighted by Crippen LogP contribution is -2.33. The van der Waals surface area contributed by atoms with E-state index in [2.05, 4.69) is 6.92 Å². The zero-order chi connectivity index (χ0) is 17.4. The molecule has 0 aliphatic rings. The van der Waals surface area contributed by atoms with Crippen LogP contribution in [-0.2, 0) is 14.4 Å². The van der Waals surface area contributed by atoms with E-state index in [0.29, 0.717) is 6.42 Å². The van der Waals surface area contributed by atoms with Gasteiger partial charge < -0.3 is 10.2 Å². The van der Waals surface area contributed by atoms with E-state index in [-0.39, 0.29) is 32.1 Å². The monoisotopic (exact) mass is 353 g/mol. The predicted octanol–water partition coefficient (Wildman–Crippen LogP) is 2.46. The normalized spacial score (nSPS) is 12.2. The van der Waals surface area contributed by atoms with E-state index in [1.165, 1.54) is 38.5 Å². The highest BCUT2D eigenvalue weighted by Crippen LogP contribution is 2.11. The molecule has 0 aromatic rings. The average molecular weight is 354 g/mol. The molecule has 0 rings (SSSR count). The molecule has 0 aromatic heterocycles. The molecule has 0 fully saturated rings. The first-order chi connectivity index (χ1) is 11.1. The molecule has 23 heavy (non-hydrogen) atoms. The first-order valence-corrected chi connectivity index (χ1v) is 10.5. The number of aliphatic hydroxyl groups excluding tert-OH is 2. The van der Waals surface area contributed by atoms with E-state index < -0.39 is 10.1 Å². The quantitative estimate of drug-likeness (QED) is 0.308. The minimum Gasteiger partial charge on any atom is -0.395 e. The van der Waals surface area contributed by atoms with Crippen LogP contribution in [0.5, 0.6) is 0 Å². The van der Waals surface area contributed by atoms with Gasteiger partial charge in [0.1, 0.15) is 0 Å². The molecule has 0 aliphatic carbocycles. The highest BCUT2D eigenvalue weighted by atomic mass is 32.2. The van der Waals surface area contributed by atoms with Gasteiger partial charge in [-0.2, -0.15) is 17.8 Å². The maximum atomic E-state index is 11.8. The topological polar surface area (TPSA) is 87.1 Å². The van der Waals surface area contributed by atoms with E-state index in [1.54, 1.807) is 0 Å². The van der Waals surface area contributed by atoms with Gasteiger partial charge >= 0.3 is 0 Å². The van der Waals surface area contributed by atoms with Crippen molar-refractivity contribution in [3.63, 3.8) is 0 Å². The van der Waals surface area contributed by atoms with Crippen molar-refractivity contribution in [3.8, 4) is 0 Å². The average Bonchev–Trinajstić information content (AvgIpc) is 2.49. The Kier molecular flexibility index (Phi) is 15.2. The molecule has 0 spiro atoms. The summed E-state index contributed by atoms with van der Waals surface area (Å²) in [5.41, 5.74) is 0. The molecule has 0 radical (unpaired) electrons. The van der Waals surface area contributed by atoms with Crippen LogP contribution in [0.3, 0.4) is 0 Å². The number of nitrogens with zero attached hydrogens (tertiary/aromatic N) is 1. The number of hydrogen-bond acceptors (Lipinski definition) is 6. The van der Waals surface area contributed by atoms with Crippen molar-refractivity contribution in [2.45, 2.75) is 71.1 Å². The number of aliphatic hydroxyl groups is 2. The van der Waals surface area contributed by atoms with Crippen LogP contribution in [-0.4, -0.2) is 55.8 Å². The lowest BCUT2D eigenvalue weighted by molar-refractivity contribution is -0.0695. The lowest BCUT2D eigenvalue weighted by Gasteiger charge is -2.18. The summed E-state index contributed by atoms with van der Waals surface area (Å²) in [6.45, 7) is 1.92. The van der Waals surface area contributed by atoms with Crippen LogP contribution in [0.15, 0.2) is 0 Å². The van der Waals surface area contributed by atoms with Gasteiger partial charge in [0.25, 0.3) is 10.1 Å². The van der Waals surface area contributed by atoms with E-state index in [1.807, 2.05) is 0 Å². The third kappa shape index (κ3) is 15.1.